The van der Waals surface area contributed by atoms with Crippen molar-refractivity contribution >= 4 is 6.09 Å². The fraction of sp³-hybridized carbons (Fsp3) is 0.900. The molecule has 0 aromatic rings. The summed E-state index contributed by atoms with van der Waals surface area (Å²) in [4.78, 5) is 15.7. The van der Waals surface area contributed by atoms with Crippen LogP contribution in [0.5, 0.6) is 0 Å². The highest BCUT2D eigenvalue weighted by Crippen LogP contribution is 2.35. The maximum atomic E-state index is 11.5. The third-order valence-electron chi connectivity index (χ3n) is 3.69. The molecule has 2 aliphatic heterocycles. The molecule has 0 radical (unpaired) electrons. The van der Waals surface area contributed by atoms with E-state index in [9.17, 15) is 4.79 Å². The van der Waals surface area contributed by atoms with Gasteiger partial charge in [-0.1, -0.05) is 0 Å². The van der Waals surface area contributed by atoms with Crippen LogP contribution in [0.25, 0.3) is 0 Å². The van der Waals surface area contributed by atoms with Gasteiger partial charge in [-0.2, -0.15) is 0 Å². The van der Waals surface area contributed by atoms with Gasteiger partial charge >= 0.3 is 6.09 Å². The molecule has 2 saturated heterocycles. The molecule has 0 aromatic carbocycles. The maximum Gasteiger partial charge on any atom is 0.409 e. The monoisotopic (exact) mass is 198 g/mol. The lowest BCUT2D eigenvalue weighted by molar-refractivity contribution is 0.0637. The molecule has 2 aliphatic rings. The number of piperidine rings is 1. The second-order valence-electron chi connectivity index (χ2n) is 4.38. The summed E-state index contributed by atoms with van der Waals surface area (Å²) in [6.45, 7) is 3.34. The number of carbonyl (C=O) groups is 1. The predicted octanol–water partition coefficient (Wildman–Crippen LogP) is 0.923. The van der Waals surface area contributed by atoms with E-state index in [0.29, 0.717) is 0 Å². The number of methoxy groups -OCH3 is 1. The Morgan fingerprint density at radius 3 is 2.93 bits per heavy atom. The summed E-state index contributed by atoms with van der Waals surface area (Å²) in [6, 6.07) is 0. The van der Waals surface area contributed by atoms with Gasteiger partial charge in [0.15, 0.2) is 0 Å². The molecule has 4 nitrogen and oxygen atoms in total. The van der Waals surface area contributed by atoms with Gasteiger partial charge in [0.1, 0.15) is 0 Å². The van der Waals surface area contributed by atoms with Crippen molar-refractivity contribution < 1.29 is 9.53 Å². The third-order valence-corrected chi connectivity index (χ3v) is 3.69. The van der Waals surface area contributed by atoms with Crippen LogP contribution in [-0.2, 0) is 4.74 Å². The Morgan fingerprint density at radius 1 is 1.43 bits per heavy atom. The van der Waals surface area contributed by atoms with Crippen molar-refractivity contribution in [3.8, 4) is 0 Å². The molecule has 80 valence electrons. The van der Waals surface area contributed by atoms with Gasteiger partial charge in [-0.15, -0.1) is 0 Å². The van der Waals surface area contributed by atoms with E-state index in [4.69, 9.17) is 4.74 Å². The van der Waals surface area contributed by atoms with Gasteiger partial charge in [-0.3, -0.25) is 0 Å². The fourth-order valence-electron chi connectivity index (χ4n) is 2.74. The van der Waals surface area contributed by atoms with Crippen molar-refractivity contribution in [1.29, 1.82) is 0 Å². The molecule has 2 heterocycles. The SMILES string of the molecule is COC(=O)N(C)C12CCCN(CC1)C2. The molecule has 14 heavy (non-hydrogen) atoms. The summed E-state index contributed by atoms with van der Waals surface area (Å²) in [6.07, 6.45) is 3.21. The summed E-state index contributed by atoms with van der Waals surface area (Å²) in [5.41, 5.74) is 0.0609. The van der Waals surface area contributed by atoms with E-state index < -0.39 is 0 Å². The normalized spacial score (nSPS) is 35.4. The quantitative estimate of drug-likeness (QED) is 0.628. The topological polar surface area (TPSA) is 32.8 Å². The smallest absolute Gasteiger partial charge is 0.409 e. The van der Waals surface area contributed by atoms with Crippen LogP contribution < -0.4 is 0 Å². The van der Waals surface area contributed by atoms with Gasteiger partial charge in [0.25, 0.3) is 0 Å². The van der Waals surface area contributed by atoms with Gasteiger partial charge in [-0.05, 0) is 25.8 Å². The Morgan fingerprint density at radius 2 is 2.21 bits per heavy atom. The molecule has 4 heteroatoms. The largest absolute Gasteiger partial charge is 0.453 e. The number of amides is 1. The third kappa shape index (κ3) is 1.38. The van der Waals surface area contributed by atoms with Gasteiger partial charge < -0.3 is 14.5 Å². The standard InChI is InChI=1S/C10H18N2O2/c1-11(9(13)14-2)10-4-3-6-12(8-10)7-5-10/h3-8H2,1-2H3. The number of likely N-dealkylation sites (N-methyl/N-ethyl adjacent to an activating group) is 1. The van der Waals surface area contributed by atoms with Crippen LogP contribution in [0.3, 0.4) is 0 Å². The maximum absolute atomic E-state index is 11.5. The number of nitrogens with zero attached hydrogens (tertiary/aromatic N) is 2. The van der Waals surface area contributed by atoms with Crippen molar-refractivity contribution in [2.45, 2.75) is 24.8 Å². The first-order valence-corrected chi connectivity index (χ1v) is 5.22. The Bertz CT molecular complexity index is 240. The van der Waals surface area contributed by atoms with Crippen molar-refractivity contribution in [3.05, 3.63) is 0 Å². The molecule has 2 atom stereocenters. The van der Waals surface area contributed by atoms with Crippen LogP contribution in [0.1, 0.15) is 19.3 Å². The van der Waals surface area contributed by atoms with Crippen molar-refractivity contribution in [3.63, 3.8) is 0 Å². The van der Waals surface area contributed by atoms with E-state index in [1.807, 2.05) is 7.05 Å². The van der Waals surface area contributed by atoms with Crippen molar-refractivity contribution in [2.24, 2.45) is 0 Å². The van der Waals surface area contributed by atoms with Crippen LogP contribution in [0, 0.1) is 0 Å². The number of hydrogen-bond donors (Lipinski definition) is 0. The minimum absolute atomic E-state index is 0.0609. The van der Waals surface area contributed by atoms with Gasteiger partial charge in [0, 0.05) is 20.1 Å². The number of rotatable bonds is 1. The van der Waals surface area contributed by atoms with Crippen LogP contribution in [0.15, 0.2) is 0 Å². The molecule has 2 unspecified atom stereocenters. The minimum Gasteiger partial charge on any atom is -0.453 e. The molecule has 0 N–H and O–H groups in total. The Kier molecular flexibility index (Phi) is 2.39. The van der Waals surface area contributed by atoms with E-state index in [2.05, 4.69) is 4.90 Å². The first kappa shape index (κ1) is 9.77. The summed E-state index contributed by atoms with van der Waals surface area (Å²) in [7, 11) is 3.31. The van der Waals surface area contributed by atoms with E-state index in [0.717, 1.165) is 25.9 Å². The molecule has 0 spiro atoms. The van der Waals surface area contributed by atoms with Gasteiger partial charge in [0.05, 0.1) is 12.6 Å². The lowest BCUT2D eigenvalue weighted by atomic mass is 9.89. The number of ether oxygens (including phenoxy) is 1. The van der Waals surface area contributed by atoms with E-state index >= 15 is 0 Å². The Balaban J connectivity index is 2.11. The summed E-state index contributed by atoms with van der Waals surface area (Å²) in [5, 5.41) is 0. The van der Waals surface area contributed by atoms with Gasteiger partial charge in [0.2, 0.25) is 0 Å². The Labute approximate surface area is 84.8 Å². The van der Waals surface area contributed by atoms with Crippen LogP contribution >= 0.6 is 0 Å². The predicted molar refractivity (Wildman–Crippen MR) is 53.2 cm³/mol. The average molecular weight is 198 g/mol. The molecule has 1 amide bonds. The zero-order valence-electron chi connectivity index (χ0n) is 8.95. The second kappa shape index (κ2) is 3.42. The van der Waals surface area contributed by atoms with E-state index in [-0.39, 0.29) is 11.6 Å². The molecule has 0 aromatic heterocycles. The highest BCUT2D eigenvalue weighted by atomic mass is 16.5. The van der Waals surface area contributed by atoms with Crippen molar-refractivity contribution in [1.82, 2.24) is 9.80 Å². The first-order valence-electron chi connectivity index (χ1n) is 5.22. The molecule has 0 saturated carbocycles. The van der Waals surface area contributed by atoms with Crippen LogP contribution in [-0.4, -0.2) is 55.2 Å². The highest BCUT2D eigenvalue weighted by Gasteiger charge is 2.45. The molecule has 2 bridgehead atoms. The highest BCUT2D eigenvalue weighted by molar-refractivity contribution is 5.68. The average Bonchev–Trinajstić information content (AvgIpc) is 2.53. The van der Waals surface area contributed by atoms with Crippen LogP contribution in [0.4, 0.5) is 4.79 Å². The lowest BCUT2D eigenvalue weighted by Gasteiger charge is -2.40. The van der Waals surface area contributed by atoms with Crippen molar-refractivity contribution in [2.75, 3.05) is 33.8 Å². The summed E-state index contributed by atoms with van der Waals surface area (Å²) >= 11 is 0. The molecular formula is C10H18N2O2. The fourth-order valence-corrected chi connectivity index (χ4v) is 2.74. The number of carbonyl (C=O) groups excluding carboxylic acids is 1. The molecule has 0 aliphatic carbocycles. The van der Waals surface area contributed by atoms with Gasteiger partial charge in [-0.25, -0.2) is 4.79 Å². The summed E-state index contributed by atoms with van der Waals surface area (Å²) in [5.74, 6) is 0. The number of hydrogen-bond acceptors (Lipinski definition) is 3. The number of fused-ring (bicyclic) bond motifs is 2. The zero-order valence-corrected chi connectivity index (χ0v) is 8.95. The molecule has 2 rings (SSSR count). The minimum atomic E-state index is -0.200. The second-order valence-corrected chi connectivity index (χ2v) is 4.38. The van der Waals surface area contributed by atoms with E-state index in [1.165, 1.54) is 20.1 Å². The molecule has 2 fully saturated rings. The lowest BCUT2D eigenvalue weighted by Crippen LogP contribution is -2.53. The van der Waals surface area contributed by atoms with Crippen LogP contribution in [0.2, 0.25) is 0 Å². The summed E-state index contributed by atoms with van der Waals surface area (Å²) < 4.78 is 4.78. The first-order chi connectivity index (χ1) is 6.68. The zero-order chi connectivity index (χ0) is 10.2. The van der Waals surface area contributed by atoms with E-state index in [1.54, 1.807) is 4.90 Å². The Hall–Kier alpha value is -0.770. The molecular weight excluding hydrogens is 180 g/mol.